The summed E-state index contributed by atoms with van der Waals surface area (Å²) in [7, 11) is 0. The molecule has 3 rings (SSSR count). The number of carbonyl (C=O) groups excluding carboxylic acids is 9. The van der Waals surface area contributed by atoms with Gasteiger partial charge in [-0.25, -0.2) is 4.79 Å². The third-order valence-corrected chi connectivity index (χ3v) is 14.1. The lowest BCUT2D eigenvalue weighted by Gasteiger charge is -2.29. The number of para-hydroxylation sites is 1. The lowest BCUT2D eigenvalue weighted by molar-refractivity contribution is -0.143. The van der Waals surface area contributed by atoms with Crippen LogP contribution in [-0.4, -0.2) is 181 Å². The number of aromatic nitrogens is 1. The highest BCUT2D eigenvalue weighted by atomic mass is 16.4. The van der Waals surface area contributed by atoms with Crippen LogP contribution >= 0.6 is 0 Å². The molecular formula is C60H90N12O17. The summed E-state index contributed by atoms with van der Waals surface area (Å²) in [6.07, 6.45) is -1.50. The molecule has 0 aliphatic carbocycles. The maximum Gasteiger partial charge on any atom is 0.326 e. The predicted molar refractivity (Wildman–Crippen MR) is 324 cm³/mol. The number of carboxylic acid groups (broad SMARTS) is 3. The van der Waals surface area contributed by atoms with E-state index in [0.29, 0.717) is 34.9 Å². The SMILES string of the molecule is CC(C)C[C@H](NC(=O)[C@H](CC(C)C)NC(=O)[C@H](CCCCN)NC(=O)[C@H](Cc1c[nH]c2ccccc12)NC(=O)[C@H](CC(C)C)NC(=O)[C@H](CC(=O)O)NC(=O)[C@H](CO)NC(=O)[C@H](Cc1ccccc1)NC(=O)[C@@H](NC(=O)[C@@H](N)CCC(=O)O)[C@@H](C)O)C(=O)O. The van der Waals surface area contributed by atoms with E-state index in [0.717, 1.165) is 6.92 Å². The minimum absolute atomic E-state index is 0.0130. The molecule has 1 aromatic heterocycles. The fourth-order valence-corrected chi connectivity index (χ4v) is 9.47. The first-order valence-electron chi connectivity index (χ1n) is 29.7. The van der Waals surface area contributed by atoms with Gasteiger partial charge in [-0.15, -0.1) is 0 Å². The second-order valence-electron chi connectivity index (χ2n) is 23.3. The number of aromatic amines is 1. The number of aliphatic hydroxyl groups excluding tert-OH is 2. The van der Waals surface area contributed by atoms with Crippen LogP contribution in [0.25, 0.3) is 10.9 Å². The van der Waals surface area contributed by atoms with Crippen molar-refractivity contribution in [1.82, 2.24) is 52.8 Å². The molecule has 89 heavy (non-hydrogen) atoms. The molecule has 29 heteroatoms. The number of benzene rings is 2. The minimum atomic E-state index is -1.99. The van der Waals surface area contributed by atoms with E-state index in [-0.39, 0.29) is 69.2 Å². The van der Waals surface area contributed by atoms with E-state index < -0.39 is 157 Å². The number of carboxylic acids is 3. The number of amides is 9. The maximum absolute atomic E-state index is 14.7. The monoisotopic (exact) mass is 1250 g/mol. The summed E-state index contributed by atoms with van der Waals surface area (Å²) in [6.45, 7) is 10.8. The van der Waals surface area contributed by atoms with Crippen molar-refractivity contribution in [2.45, 2.75) is 186 Å². The summed E-state index contributed by atoms with van der Waals surface area (Å²) in [5, 5.41) is 72.8. The van der Waals surface area contributed by atoms with Gasteiger partial charge in [0.15, 0.2) is 0 Å². The standard InChI is InChI=1S/C60H90N12O17/c1-31(2)23-41(66-57(85)45(28-49(77)78)68-58(86)47(30-73)71-55(83)43(26-35-15-9-8-10-16-35)69-59(87)50(34(7)74)72-51(79)38(62)20-21-48(75)76)53(81)67-44(27-36-29-63-39-18-12-11-17-37(36)39)56(84)64-40(19-13-14-22-61)52(80)65-42(24-32(3)4)54(82)70-46(60(88)89)25-33(5)6/h8-12,15-18,29,31-34,38,40-47,50,63,73-74H,13-14,19-28,30,61-62H2,1-7H3,(H,64,84)(H,65,80)(H,66,85)(H,67,81)(H,68,86)(H,69,87)(H,70,82)(H,71,83)(H,72,79)(H,75,76)(H,77,78)(H,88,89)/t34-,38+,40+,41+,42+,43+,44+,45+,46+,47+,50+/m1/s1. The number of nitrogens with two attached hydrogens (primary N) is 2. The molecule has 0 bridgehead atoms. The molecule has 0 saturated carbocycles. The Labute approximate surface area is 516 Å². The van der Waals surface area contributed by atoms with Crippen LogP contribution in [0.2, 0.25) is 0 Å². The van der Waals surface area contributed by atoms with Gasteiger partial charge in [-0.1, -0.05) is 90.1 Å². The predicted octanol–water partition coefficient (Wildman–Crippen LogP) is -1.29. The molecule has 0 aliphatic rings. The van der Waals surface area contributed by atoms with E-state index >= 15 is 0 Å². The van der Waals surface area contributed by atoms with Crippen molar-refractivity contribution in [3.63, 3.8) is 0 Å². The van der Waals surface area contributed by atoms with Crippen LogP contribution in [0.5, 0.6) is 0 Å². The van der Waals surface area contributed by atoms with Gasteiger partial charge in [0, 0.05) is 36.4 Å². The molecule has 9 amide bonds. The van der Waals surface area contributed by atoms with Gasteiger partial charge >= 0.3 is 17.9 Å². The number of carbonyl (C=O) groups is 12. The van der Waals surface area contributed by atoms with Crippen LogP contribution < -0.4 is 59.3 Å². The quantitative estimate of drug-likeness (QED) is 0.0295. The summed E-state index contributed by atoms with van der Waals surface area (Å²) >= 11 is 0. The highest BCUT2D eigenvalue weighted by Gasteiger charge is 2.37. The summed E-state index contributed by atoms with van der Waals surface area (Å²) < 4.78 is 0. The van der Waals surface area contributed by atoms with E-state index in [1.165, 1.54) is 0 Å². The normalized spacial score (nSPS) is 15.1. The average molecular weight is 1250 g/mol. The lowest BCUT2D eigenvalue weighted by Crippen LogP contribution is -2.62. The van der Waals surface area contributed by atoms with Crippen molar-refractivity contribution in [3.8, 4) is 0 Å². The molecular weight excluding hydrogens is 1160 g/mol. The third-order valence-electron chi connectivity index (χ3n) is 14.1. The van der Waals surface area contributed by atoms with Crippen molar-refractivity contribution in [3.05, 3.63) is 71.9 Å². The summed E-state index contributed by atoms with van der Waals surface area (Å²) in [6, 6.07) is -0.337. The van der Waals surface area contributed by atoms with Crippen molar-refractivity contribution < 1.29 is 83.1 Å². The van der Waals surface area contributed by atoms with Crippen LogP contribution in [0.15, 0.2) is 60.8 Å². The second kappa shape index (κ2) is 37.3. The second-order valence-corrected chi connectivity index (χ2v) is 23.3. The van der Waals surface area contributed by atoms with Crippen LogP contribution in [0.4, 0.5) is 0 Å². The molecule has 29 nitrogen and oxygen atoms in total. The molecule has 0 aliphatic heterocycles. The number of rotatable bonds is 40. The van der Waals surface area contributed by atoms with Gasteiger partial charge in [-0.2, -0.15) is 0 Å². The number of hydrogen-bond donors (Lipinski definition) is 17. The Balaban J connectivity index is 1.96. The molecule has 3 aromatic rings. The number of nitrogens with one attached hydrogen (secondary N) is 10. The van der Waals surface area contributed by atoms with E-state index in [1.807, 2.05) is 0 Å². The van der Waals surface area contributed by atoms with E-state index in [2.05, 4.69) is 52.8 Å². The van der Waals surface area contributed by atoms with Crippen LogP contribution in [-0.2, 0) is 70.4 Å². The maximum atomic E-state index is 14.7. The molecule has 492 valence electrons. The number of aliphatic hydroxyl groups is 2. The summed E-state index contributed by atoms with van der Waals surface area (Å²) in [4.78, 5) is 165. The van der Waals surface area contributed by atoms with Crippen LogP contribution in [0.3, 0.4) is 0 Å². The first-order valence-corrected chi connectivity index (χ1v) is 29.7. The van der Waals surface area contributed by atoms with E-state index in [4.69, 9.17) is 16.6 Å². The first kappa shape index (κ1) is 74.7. The van der Waals surface area contributed by atoms with Gasteiger partial charge in [-0.05, 0) is 93.4 Å². The Morgan fingerprint density at radius 1 is 0.483 bits per heavy atom. The number of H-pyrrole nitrogens is 1. The highest BCUT2D eigenvalue weighted by Crippen LogP contribution is 2.20. The molecule has 1 heterocycles. The van der Waals surface area contributed by atoms with Crippen molar-refractivity contribution in [2.75, 3.05) is 13.2 Å². The summed E-state index contributed by atoms with van der Waals surface area (Å²) in [5.41, 5.74) is 13.3. The Kier molecular flexibility index (Phi) is 31.3. The topological polar surface area (TPSA) is 482 Å². The van der Waals surface area contributed by atoms with Gasteiger partial charge in [0.2, 0.25) is 53.2 Å². The Morgan fingerprint density at radius 3 is 1.46 bits per heavy atom. The number of aliphatic carboxylic acids is 3. The molecule has 11 atom stereocenters. The van der Waals surface area contributed by atoms with E-state index in [1.54, 1.807) is 102 Å². The molecule has 0 spiro atoms. The zero-order valence-corrected chi connectivity index (χ0v) is 51.3. The van der Waals surface area contributed by atoms with Gasteiger partial charge in [0.25, 0.3) is 0 Å². The van der Waals surface area contributed by atoms with Gasteiger partial charge < -0.3 is 89.8 Å². The van der Waals surface area contributed by atoms with Crippen LogP contribution in [0.1, 0.15) is 117 Å². The van der Waals surface area contributed by atoms with E-state index in [9.17, 15) is 78.0 Å². The average Bonchev–Trinajstić information content (AvgIpc) is 2.55. The highest BCUT2D eigenvalue weighted by molar-refractivity contribution is 6.00. The fraction of sp³-hybridized carbons (Fsp3) is 0.567. The Bertz CT molecular complexity index is 2880. The van der Waals surface area contributed by atoms with Gasteiger partial charge in [-0.3, -0.25) is 52.7 Å². The molecule has 2 aromatic carbocycles. The van der Waals surface area contributed by atoms with Gasteiger partial charge in [0.05, 0.1) is 25.2 Å². The number of hydrogen-bond acceptors (Lipinski definition) is 16. The first-order chi connectivity index (χ1) is 41.9. The van der Waals surface area contributed by atoms with Crippen LogP contribution in [0, 0.1) is 17.8 Å². The molecule has 0 fully saturated rings. The third kappa shape index (κ3) is 26.0. The Hall–Kier alpha value is -8.54. The summed E-state index contributed by atoms with van der Waals surface area (Å²) in [5.74, 6) is -13.8. The zero-order chi connectivity index (χ0) is 66.7. The number of unbranched alkanes of at least 4 members (excludes halogenated alkanes) is 1. The lowest BCUT2D eigenvalue weighted by atomic mass is 9.99. The molecule has 0 unspecified atom stereocenters. The van der Waals surface area contributed by atoms with Gasteiger partial charge in [0.1, 0.15) is 54.4 Å². The molecule has 19 N–H and O–H groups in total. The fourth-order valence-electron chi connectivity index (χ4n) is 9.47. The van der Waals surface area contributed by atoms with Crippen molar-refractivity contribution >= 4 is 82.0 Å². The molecule has 0 radical (unpaired) electrons. The zero-order valence-electron chi connectivity index (χ0n) is 51.3. The number of fused-ring (bicyclic) bond motifs is 1. The molecule has 0 saturated heterocycles. The smallest absolute Gasteiger partial charge is 0.326 e. The van der Waals surface area contributed by atoms with Crippen molar-refractivity contribution in [1.29, 1.82) is 0 Å². The minimum Gasteiger partial charge on any atom is -0.481 e. The van der Waals surface area contributed by atoms with Crippen molar-refractivity contribution in [2.24, 2.45) is 29.2 Å². The largest absolute Gasteiger partial charge is 0.481 e. The Morgan fingerprint density at radius 2 is 0.933 bits per heavy atom.